The third kappa shape index (κ3) is 5.26. The highest BCUT2D eigenvalue weighted by molar-refractivity contribution is 9.10. The number of nitrogens with one attached hydrogen (secondary N) is 1. The number of rotatable bonds is 8. The Morgan fingerprint density at radius 3 is 2.85 bits per heavy atom. The van der Waals surface area contributed by atoms with Gasteiger partial charge in [-0.2, -0.15) is 0 Å². The molecule has 0 aliphatic rings. The second kappa shape index (κ2) is 8.65. The molecule has 0 radical (unpaired) electrons. The Morgan fingerprint density at radius 2 is 2.20 bits per heavy atom. The molecule has 1 rings (SSSR count). The molecule has 0 unspecified atom stereocenters. The molecule has 0 bridgehead atoms. The predicted molar refractivity (Wildman–Crippen MR) is 78.9 cm³/mol. The summed E-state index contributed by atoms with van der Waals surface area (Å²) in [6, 6.07) is 4.27. The van der Waals surface area contributed by atoms with Crippen LogP contribution < -0.4 is 5.32 Å². The summed E-state index contributed by atoms with van der Waals surface area (Å²) >= 11 is 3.07. The number of hydrogen-bond donors (Lipinski definition) is 1. The topological polar surface area (TPSA) is 81.5 Å². The summed E-state index contributed by atoms with van der Waals surface area (Å²) in [5, 5.41) is 13.4. The number of nitro benzene ring substituents is 1. The minimum Gasteiger partial charge on any atom is -0.380 e. The van der Waals surface area contributed by atoms with E-state index in [1.807, 2.05) is 0 Å². The molecule has 1 aromatic rings. The van der Waals surface area contributed by atoms with Crippen LogP contribution >= 0.6 is 15.9 Å². The van der Waals surface area contributed by atoms with Crippen LogP contribution in [0.5, 0.6) is 0 Å². The van der Waals surface area contributed by atoms with E-state index in [-0.39, 0.29) is 17.2 Å². The summed E-state index contributed by atoms with van der Waals surface area (Å²) in [6.45, 7) is 3.57. The lowest BCUT2D eigenvalue weighted by atomic mass is 10.2. The smallest absolute Gasteiger partial charge is 0.284 e. The average molecular weight is 345 g/mol. The number of carbonyl (C=O) groups is 1. The zero-order valence-corrected chi connectivity index (χ0v) is 12.8. The maximum atomic E-state index is 11.8. The third-order valence-corrected chi connectivity index (χ3v) is 3.25. The van der Waals surface area contributed by atoms with E-state index in [9.17, 15) is 14.9 Å². The van der Waals surface area contributed by atoms with Crippen LogP contribution in [0.25, 0.3) is 0 Å². The number of halogens is 1. The van der Waals surface area contributed by atoms with E-state index >= 15 is 0 Å². The van der Waals surface area contributed by atoms with Gasteiger partial charge in [0.1, 0.15) is 0 Å². The summed E-state index contributed by atoms with van der Waals surface area (Å²) in [4.78, 5) is 22.1. The van der Waals surface area contributed by atoms with Crippen LogP contribution in [-0.2, 0) is 4.74 Å². The Morgan fingerprint density at radius 1 is 1.45 bits per heavy atom. The van der Waals surface area contributed by atoms with Gasteiger partial charge in [-0.05, 0) is 34.5 Å². The maximum absolute atomic E-state index is 11.8. The quantitative estimate of drug-likeness (QED) is 0.446. The molecule has 7 heteroatoms. The van der Waals surface area contributed by atoms with Gasteiger partial charge in [-0.3, -0.25) is 14.9 Å². The van der Waals surface area contributed by atoms with E-state index in [2.05, 4.69) is 28.2 Å². The Kier molecular flexibility index (Phi) is 7.17. The largest absolute Gasteiger partial charge is 0.380 e. The zero-order chi connectivity index (χ0) is 15.0. The standard InChI is InChI=1S/C13H17BrN2O4/c1-2-3-7-20-8-6-15-13(17)10-4-5-11(14)12(9-10)16(18)19/h4-5,9H,2-3,6-8H2,1H3,(H,15,17). The molecule has 0 saturated heterocycles. The molecular weight excluding hydrogens is 328 g/mol. The molecule has 0 aliphatic carbocycles. The van der Waals surface area contributed by atoms with E-state index in [1.165, 1.54) is 18.2 Å². The fraction of sp³-hybridized carbons (Fsp3) is 0.462. The normalized spacial score (nSPS) is 10.3. The molecule has 0 aromatic heterocycles. The van der Waals surface area contributed by atoms with E-state index in [0.29, 0.717) is 24.2 Å². The second-order valence-electron chi connectivity index (χ2n) is 4.15. The second-order valence-corrected chi connectivity index (χ2v) is 5.00. The number of hydrogen-bond acceptors (Lipinski definition) is 4. The molecule has 0 atom stereocenters. The number of amides is 1. The van der Waals surface area contributed by atoms with Gasteiger partial charge in [0.25, 0.3) is 11.6 Å². The van der Waals surface area contributed by atoms with Crippen LogP contribution in [0.4, 0.5) is 5.69 Å². The van der Waals surface area contributed by atoms with Crippen LogP contribution in [0, 0.1) is 10.1 Å². The van der Waals surface area contributed by atoms with Gasteiger partial charge in [-0.1, -0.05) is 13.3 Å². The fourth-order valence-corrected chi connectivity index (χ4v) is 1.87. The number of nitro groups is 1. The Labute approximate surface area is 125 Å². The molecule has 0 heterocycles. The van der Waals surface area contributed by atoms with Crippen molar-refractivity contribution in [2.75, 3.05) is 19.8 Å². The summed E-state index contributed by atoms with van der Waals surface area (Å²) in [6.07, 6.45) is 2.06. The van der Waals surface area contributed by atoms with Crippen molar-refractivity contribution in [3.05, 3.63) is 38.3 Å². The number of unbranched alkanes of at least 4 members (excludes halogenated alkanes) is 1. The predicted octanol–water partition coefficient (Wildman–Crippen LogP) is 2.90. The zero-order valence-electron chi connectivity index (χ0n) is 11.2. The first-order valence-electron chi connectivity index (χ1n) is 6.36. The van der Waals surface area contributed by atoms with E-state index < -0.39 is 4.92 Å². The first-order chi connectivity index (χ1) is 9.56. The van der Waals surface area contributed by atoms with Crippen molar-refractivity contribution in [2.24, 2.45) is 0 Å². The van der Waals surface area contributed by atoms with Crippen molar-refractivity contribution in [1.82, 2.24) is 5.32 Å². The molecule has 6 nitrogen and oxygen atoms in total. The highest BCUT2D eigenvalue weighted by Gasteiger charge is 2.15. The van der Waals surface area contributed by atoms with Crippen LogP contribution in [0.2, 0.25) is 0 Å². The van der Waals surface area contributed by atoms with Crippen LogP contribution in [0.1, 0.15) is 30.1 Å². The SMILES string of the molecule is CCCCOCCNC(=O)c1ccc(Br)c([N+](=O)[O-])c1. The lowest BCUT2D eigenvalue weighted by molar-refractivity contribution is -0.385. The molecule has 20 heavy (non-hydrogen) atoms. The Bertz CT molecular complexity index is 479. The molecule has 1 N–H and O–H groups in total. The van der Waals surface area contributed by atoms with Gasteiger partial charge >= 0.3 is 0 Å². The molecule has 1 aromatic carbocycles. The van der Waals surface area contributed by atoms with E-state index in [0.717, 1.165) is 12.8 Å². The molecule has 110 valence electrons. The molecule has 0 aliphatic heterocycles. The molecule has 0 fully saturated rings. The number of carbonyl (C=O) groups excluding carboxylic acids is 1. The Balaban J connectivity index is 2.47. The van der Waals surface area contributed by atoms with Crippen LogP contribution in [0.3, 0.4) is 0 Å². The van der Waals surface area contributed by atoms with Crippen molar-refractivity contribution in [1.29, 1.82) is 0 Å². The summed E-state index contributed by atoms with van der Waals surface area (Å²) in [5.41, 5.74) is 0.130. The molecule has 0 spiro atoms. The van der Waals surface area contributed by atoms with Crippen molar-refractivity contribution in [3.8, 4) is 0 Å². The number of benzene rings is 1. The monoisotopic (exact) mass is 344 g/mol. The Hall–Kier alpha value is -1.47. The highest BCUT2D eigenvalue weighted by atomic mass is 79.9. The first kappa shape index (κ1) is 16.6. The highest BCUT2D eigenvalue weighted by Crippen LogP contribution is 2.25. The summed E-state index contributed by atoms with van der Waals surface area (Å²) < 4.78 is 5.66. The maximum Gasteiger partial charge on any atom is 0.284 e. The summed E-state index contributed by atoms with van der Waals surface area (Å²) in [5.74, 6) is -0.348. The van der Waals surface area contributed by atoms with E-state index in [1.54, 1.807) is 0 Å². The molecule has 0 saturated carbocycles. The van der Waals surface area contributed by atoms with Gasteiger partial charge in [0, 0.05) is 24.8 Å². The van der Waals surface area contributed by atoms with Crippen LogP contribution in [0.15, 0.2) is 22.7 Å². The van der Waals surface area contributed by atoms with Gasteiger partial charge in [-0.25, -0.2) is 0 Å². The van der Waals surface area contributed by atoms with E-state index in [4.69, 9.17) is 4.74 Å². The van der Waals surface area contributed by atoms with Crippen molar-refractivity contribution in [2.45, 2.75) is 19.8 Å². The fourth-order valence-electron chi connectivity index (χ4n) is 1.48. The van der Waals surface area contributed by atoms with Gasteiger partial charge in [0.2, 0.25) is 0 Å². The lowest BCUT2D eigenvalue weighted by Crippen LogP contribution is -2.27. The average Bonchev–Trinajstić information content (AvgIpc) is 2.42. The van der Waals surface area contributed by atoms with Gasteiger partial charge < -0.3 is 10.1 Å². The molecule has 1 amide bonds. The number of nitrogens with zero attached hydrogens (tertiary/aromatic N) is 1. The van der Waals surface area contributed by atoms with Crippen molar-refractivity contribution in [3.63, 3.8) is 0 Å². The molecular formula is C13H17BrN2O4. The minimum atomic E-state index is -0.533. The summed E-state index contributed by atoms with van der Waals surface area (Å²) in [7, 11) is 0. The lowest BCUT2D eigenvalue weighted by Gasteiger charge is -2.06. The van der Waals surface area contributed by atoms with Gasteiger partial charge in [0.05, 0.1) is 16.0 Å². The van der Waals surface area contributed by atoms with Crippen molar-refractivity contribution < 1.29 is 14.5 Å². The van der Waals surface area contributed by atoms with Gasteiger partial charge in [-0.15, -0.1) is 0 Å². The van der Waals surface area contributed by atoms with Crippen LogP contribution in [-0.4, -0.2) is 30.6 Å². The number of ether oxygens (including phenoxy) is 1. The third-order valence-electron chi connectivity index (χ3n) is 2.58. The minimum absolute atomic E-state index is 0.128. The first-order valence-corrected chi connectivity index (χ1v) is 7.15. The van der Waals surface area contributed by atoms with Gasteiger partial charge in [0.15, 0.2) is 0 Å². The van der Waals surface area contributed by atoms with Crippen molar-refractivity contribution >= 4 is 27.5 Å².